The van der Waals surface area contributed by atoms with Crippen LogP contribution in [0.1, 0.15) is 17.5 Å². The van der Waals surface area contributed by atoms with Crippen molar-refractivity contribution < 1.29 is 4.79 Å². The molecule has 1 aromatic heterocycles. The van der Waals surface area contributed by atoms with Crippen molar-refractivity contribution in [1.29, 1.82) is 0 Å². The first-order valence-electron chi connectivity index (χ1n) is 7.22. The van der Waals surface area contributed by atoms with E-state index >= 15 is 0 Å². The minimum absolute atomic E-state index is 0.0335. The van der Waals surface area contributed by atoms with E-state index in [9.17, 15) is 4.79 Å². The van der Waals surface area contributed by atoms with Gasteiger partial charge < -0.3 is 4.90 Å². The molecule has 7 heteroatoms. The lowest BCUT2D eigenvalue weighted by Crippen LogP contribution is -2.31. The number of terminal acetylenes is 1. The Morgan fingerprint density at radius 3 is 2.74 bits per heavy atom. The molecule has 1 amide bonds. The maximum atomic E-state index is 12.4. The van der Waals surface area contributed by atoms with Crippen LogP contribution >= 0.6 is 11.8 Å². The van der Waals surface area contributed by atoms with Crippen molar-refractivity contribution in [3.05, 3.63) is 35.4 Å². The van der Waals surface area contributed by atoms with Crippen LogP contribution in [0.5, 0.6) is 0 Å². The van der Waals surface area contributed by atoms with Gasteiger partial charge in [-0.05, 0) is 22.9 Å². The highest BCUT2D eigenvalue weighted by molar-refractivity contribution is 7.99. The molecule has 0 aliphatic carbocycles. The van der Waals surface area contributed by atoms with Crippen molar-refractivity contribution in [1.82, 2.24) is 25.1 Å². The van der Waals surface area contributed by atoms with Crippen LogP contribution in [0, 0.1) is 19.3 Å². The van der Waals surface area contributed by atoms with Gasteiger partial charge in [-0.2, -0.15) is 0 Å². The number of benzene rings is 1. The van der Waals surface area contributed by atoms with Gasteiger partial charge in [0.1, 0.15) is 0 Å². The second-order valence-corrected chi connectivity index (χ2v) is 6.19. The van der Waals surface area contributed by atoms with Gasteiger partial charge in [0.25, 0.3) is 0 Å². The average molecular weight is 329 g/mol. The number of hydrogen-bond donors (Lipinski definition) is 0. The topological polar surface area (TPSA) is 63.9 Å². The fraction of sp³-hybridized carbons (Fsp3) is 0.375. The lowest BCUT2D eigenvalue weighted by atomic mass is 10.1. The molecule has 2 aromatic rings. The summed E-state index contributed by atoms with van der Waals surface area (Å²) in [5.74, 6) is 3.20. The highest BCUT2D eigenvalue weighted by Gasteiger charge is 2.14. The maximum Gasteiger partial charge on any atom is 0.224 e. The summed E-state index contributed by atoms with van der Waals surface area (Å²) < 4.78 is 1.58. The van der Waals surface area contributed by atoms with E-state index in [-0.39, 0.29) is 5.91 Å². The molecule has 0 saturated carbocycles. The van der Waals surface area contributed by atoms with E-state index in [4.69, 9.17) is 6.42 Å². The van der Waals surface area contributed by atoms with Crippen molar-refractivity contribution in [2.24, 2.45) is 7.05 Å². The largest absolute Gasteiger partial charge is 0.327 e. The molecule has 0 unspecified atom stereocenters. The fourth-order valence-electron chi connectivity index (χ4n) is 1.99. The van der Waals surface area contributed by atoms with Gasteiger partial charge in [-0.25, -0.2) is 4.68 Å². The van der Waals surface area contributed by atoms with Crippen LogP contribution in [0.4, 0.5) is 0 Å². The fourth-order valence-corrected chi connectivity index (χ4v) is 2.76. The van der Waals surface area contributed by atoms with E-state index in [0.29, 0.717) is 30.4 Å². The average Bonchev–Trinajstić information content (AvgIpc) is 2.94. The van der Waals surface area contributed by atoms with Gasteiger partial charge in [0.05, 0.1) is 6.54 Å². The third-order valence-electron chi connectivity index (χ3n) is 3.26. The van der Waals surface area contributed by atoms with Crippen LogP contribution in [0.15, 0.2) is 29.4 Å². The van der Waals surface area contributed by atoms with Crippen molar-refractivity contribution in [3.8, 4) is 12.3 Å². The van der Waals surface area contributed by atoms with E-state index in [2.05, 4.69) is 21.4 Å². The first-order chi connectivity index (χ1) is 11.1. The third kappa shape index (κ3) is 5.11. The van der Waals surface area contributed by atoms with Crippen molar-refractivity contribution >= 4 is 17.7 Å². The molecule has 23 heavy (non-hydrogen) atoms. The smallest absolute Gasteiger partial charge is 0.224 e. The number of nitrogens with zero attached hydrogens (tertiary/aromatic N) is 5. The number of rotatable bonds is 7. The molecule has 0 fully saturated rings. The number of tetrazole rings is 1. The summed E-state index contributed by atoms with van der Waals surface area (Å²) in [6.45, 7) is 2.87. The Bertz CT molecular complexity index is 689. The van der Waals surface area contributed by atoms with Crippen molar-refractivity contribution in [2.45, 2.75) is 25.0 Å². The molecule has 0 aliphatic rings. The monoisotopic (exact) mass is 329 g/mol. The molecule has 2 rings (SSSR count). The summed E-state index contributed by atoms with van der Waals surface area (Å²) in [6.07, 6.45) is 5.79. The van der Waals surface area contributed by atoms with Crippen LogP contribution in [0.25, 0.3) is 0 Å². The van der Waals surface area contributed by atoms with E-state index in [1.807, 2.05) is 31.2 Å². The summed E-state index contributed by atoms with van der Waals surface area (Å²) in [7, 11) is 1.77. The molecule has 0 saturated heterocycles. The van der Waals surface area contributed by atoms with Crippen LogP contribution in [0.2, 0.25) is 0 Å². The maximum absolute atomic E-state index is 12.4. The quantitative estimate of drug-likeness (QED) is 0.571. The number of carbonyl (C=O) groups is 1. The minimum atomic E-state index is 0.0335. The van der Waals surface area contributed by atoms with E-state index in [1.165, 1.54) is 17.3 Å². The Kier molecular flexibility index (Phi) is 6.18. The van der Waals surface area contributed by atoms with Gasteiger partial charge in [0, 0.05) is 25.8 Å². The van der Waals surface area contributed by atoms with Gasteiger partial charge in [-0.15, -0.1) is 11.5 Å². The van der Waals surface area contributed by atoms with Gasteiger partial charge >= 0.3 is 0 Å². The van der Waals surface area contributed by atoms with E-state index in [1.54, 1.807) is 16.6 Å². The van der Waals surface area contributed by atoms with Crippen LogP contribution in [-0.4, -0.2) is 43.3 Å². The minimum Gasteiger partial charge on any atom is -0.327 e. The van der Waals surface area contributed by atoms with Gasteiger partial charge in [-0.1, -0.05) is 47.5 Å². The zero-order chi connectivity index (χ0) is 16.7. The molecule has 0 atom stereocenters. The lowest BCUT2D eigenvalue weighted by molar-refractivity contribution is -0.130. The van der Waals surface area contributed by atoms with Gasteiger partial charge in [-0.3, -0.25) is 4.79 Å². The highest BCUT2D eigenvalue weighted by atomic mass is 32.2. The Balaban J connectivity index is 1.89. The normalized spacial score (nSPS) is 10.3. The predicted octanol–water partition coefficient (Wildman–Crippen LogP) is 1.66. The molecule has 1 heterocycles. The summed E-state index contributed by atoms with van der Waals surface area (Å²) in [6, 6.07) is 8.10. The summed E-state index contributed by atoms with van der Waals surface area (Å²) >= 11 is 1.45. The van der Waals surface area contributed by atoms with E-state index in [0.717, 1.165) is 5.56 Å². The number of aromatic nitrogens is 4. The standard InChI is InChI=1S/C16H19N5OS/c1-4-10-21(12-14-7-5-13(2)6-8-14)15(22)9-11-23-16-17-18-19-20(16)3/h1,5-8H,9-12H2,2-3H3. The van der Waals surface area contributed by atoms with Gasteiger partial charge in [0.15, 0.2) is 0 Å². The Labute approximate surface area is 140 Å². The SMILES string of the molecule is C#CCN(Cc1ccc(C)cc1)C(=O)CCSc1nnnn1C. The van der Waals surface area contributed by atoms with Crippen LogP contribution in [-0.2, 0) is 18.4 Å². The summed E-state index contributed by atoms with van der Waals surface area (Å²) in [5, 5.41) is 11.9. The number of hydrogen-bond acceptors (Lipinski definition) is 5. The molecule has 1 aromatic carbocycles. The number of carbonyl (C=O) groups excluding carboxylic acids is 1. The Morgan fingerprint density at radius 2 is 2.13 bits per heavy atom. The first kappa shape index (κ1) is 17.0. The number of aryl methyl sites for hydroxylation is 2. The Hall–Kier alpha value is -2.33. The molecule has 0 N–H and O–H groups in total. The molecule has 0 aliphatic heterocycles. The molecule has 0 spiro atoms. The molecular weight excluding hydrogens is 310 g/mol. The molecule has 6 nitrogen and oxygen atoms in total. The lowest BCUT2D eigenvalue weighted by Gasteiger charge is -2.20. The van der Waals surface area contributed by atoms with Crippen molar-refractivity contribution in [3.63, 3.8) is 0 Å². The first-order valence-corrected chi connectivity index (χ1v) is 8.20. The van der Waals surface area contributed by atoms with Crippen LogP contribution in [0.3, 0.4) is 0 Å². The summed E-state index contributed by atoms with van der Waals surface area (Å²) in [4.78, 5) is 14.1. The molecule has 0 radical (unpaired) electrons. The second-order valence-electron chi connectivity index (χ2n) is 5.12. The zero-order valence-corrected chi connectivity index (χ0v) is 14.1. The van der Waals surface area contributed by atoms with Gasteiger partial charge in [0.2, 0.25) is 11.1 Å². The third-order valence-corrected chi connectivity index (χ3v) is 4.27. The predicted molar refractivity (Wildman–Crippen MR) is 89.6 cm³/mol. The summed E-state index contributed by atoms with van der Waals surface area (Å²) in [5.41, 5.74) is 2.27. The number of amides is 1. The van der Waals surface area contributed by atoms with Crippen LogP contribution < -0.4 is 0 Å². The molecule has 0 bridgehead atoms. The highest BCUT2D eigenvalue weighted by Crippen LogP contribution is 2.15. The van der Waals surface area contributed by atoms with E-state index < -0.39 is 0 Å². The molecular formula is C16H19N5OS. The molecule has 120 valence electrons. The number of thioether (sulfide) groups is 1. The second kappa shape index (κ2) is 8.34. The zero-order valence-electron chi connectivity index (χ0n) is 13.3. The van der Waals surface area contributed by atoms with Crippen molar-refractivity contribution in [2.75, 3.05) is 12.3 Å². The Morgan fingerprint density at radius 1 is 1.39 bits per heavy atom.